The van der Waals surface area contributed by atoms with Gasteiger partial charge in [-0.1, -0.05) is 25.3 Å². The quantitative estimate of drug-likeness (QED) is 0.778. The first-order chi connectivity index (χ1) is 9.83. The second-order valence-electron chi connectivity index (χ2n) is 5.79. The van der Waals surface area contributed by atoms with Gasteiger partial charge in [0.2, 0.25) is 0 Å². The second-order valence-corrected chi connectivity index (χ2v) is 5.79. The number of benzene rings is 1. The fourth-order valence-electron chi connectivity index (χ4n) is 3.51. The molecule has 0 saturated heterocycles. The monoisotopic (exact) mass is 266 g/mol. The van der Waals surface area contributed by atoms with E-state index in [1.165, 1.54) is 32.1 Å². The minimum absolute atomic E-state index is 0.226. The summed E-state index contributed by atoms with van der Waals surface area (Å²) < 4.78 is 6.16. The summed E-state index contributed by atoms with van der Waals surface area (Å²) in [5.74, 6) is 1.29. The Bertz CT molecular complexity index is 588. The van der Waals surface area contributed by atoms with Crippen LogP contribution in [-0.2, 0) is 6.42 Å². The molecule has 0 amide bonds. The minimum Gasteiger partial charge on any atom is -0.488 e. The van der Waals surface area contributed by atoms with E-state index < -0.39 is 0 Å². The topological polar surface area (TPSA) is 56.8 Å². The van der Waals surface area contributed by atoms with E-state index in [1.54, 1.807) is 6.07 Å². The Labute approximate surface area is 119 Å². The van der Waals surface area contributed by atoms with Crippen molar-refractivity contribution in [1.82, 2.24) is 0 Å². The largest absolute Gasteiger partial charge is 0.488 e. The van der Waals surface area contributed by atoms with Gasteiger partial charge < -0.3 is 4.74 Å². The maximum atomic E-state index is 9.32. The zero-order chi connectivity index (χ0) is 13.9. The summed E-state index contributed by atoms with van der Waals surface area (Å²) in [6, 6.07) is 7.91. The first-order valence-corrected chi connectivity index (χ1v) is 7.46. The Morgan fingerprint density at radius 1 is 1.00 bits per heavy atom. The lowest BCUT2D eigenvalue weighted by molar-refractivity contribution is 0.0876. The highest BCUT2D eigenvalue weighted by Gasteiger charge is 2.30. The molecule has 1 fully saturated rings. The summed E-state index contributed by atoms with van der Waals surface area (Å²) in [7, 11) is 0. The third kappa shape index (κ3) is 2.25. The number of hydrogen-bond donors (Lipinski definition) is 0. The molecule has 20 heavy (non-hydrogen) atoms. The van der Waals surface area contributed by atoms with Crippen molar-refractivity contribution in [2.45, 2.75) is 51.0 Å². The van der Waals surface area contributed by atoms with Gasteiger partial charge in [0.25, 0.3) is 0 Å². The standard InChI is InChI=1S/C17H18N2O/c18-10-14-7-6-13-8-9-16(12-4-2-1-3-5-12)20-17(13)15(14)11-19/h6-7,12,16H,1-5,8-9H2. The Kier molecular flexibility index (Phi) is 3.61. The van der Waals surface area contributed by atoms with E-state index in [1.807, 2.05) is 6.07 Å². The van der Waals surface area contributed by atoms with Crippen molar-refractivity contribution in [1.29, 1.82) is 10.5 Å². The first kappa shape index (κ1) is 13.0. The molecule has 102 valence electrons. The van der Waals surface area contributed by atoms with Crippen LogP contribution in [0, 0.1) is 28.6 Å². The molecule has 2 aliphatic rings. The smallest absolute Gasteiger partial charge is 0.142 e. The molecule has 0 bridgehead atoms. The van der Waals surface area contributed by atoms with Crippen LogP contribution in [0.5, 0.6) is 5.75 Å². The van der Waals surface area contributed by atoms with Gasteiger partial charge in [-0.2, -0.15) is 10.5 Å². The van der Waals surface area contributed by atoms with Gasteiger partial charge in [-0.15, -0.1) is 0 Å². The molecule has 3 rings (SSSR count). The summed E-state index contributed by atoms with van der Waals surface area (Å²) in [6.07, 6.45) is 8.61. The van der Waals surface area contributed by atoms with Gasteiger partial charge in [0.1, 0.15) is 29.6 Å². The van der Waals surface area contributed by atoms with Crippen molar-refractivity contribution in [3.05, 3.63) is 28.8 Å². The molecule has 1 aromatic carbocycles. The van der Waals surface area contributed by atoms with Crippen LogP contribution in [0.25, 0.3) is 0 Å². The van der Waals surface area contributed by atoms with Crippen LogP contribution in [0.2, 0.25) is 0 Å². The van der Waals surface area contributed by atoms with Gasteiger partial charge in [-0.3, -0.25) is 0 Å². The Morgan fingerprint density at radius 2 is 1.80 bits per heavy atom. The van der Waals surface area contributed by atoms with Crippen molar-refractivity contribution in [3.8, 4) is 17.9 Å². The zero-order valence-corrected chi connectivity index (χ0v) is 11.6. The number of nitriles is 2. The normalized spacial score (nSPS) is 22.2. The molecule has 1 aliphatic carbocycles. The zero-order valence-electron chi connectivity index (χ0n) is 11.6. The maximum absolute atomic E-state index is 9.32. The molecule has 0 radical (unpaired) electrons. The van der Waals surface area contributed by atoms with E-state index >= 15 is 0 Å². The molecule has 0 aromatic heterocycles. The minimum atomic E-state index is 0.226. The maximum Gasteiger partial charge on any atom is 0.142 e. The van der Waals surface area contributed by atoms with Crippen molar-refractivity contribution >= 4 is 0 Å². The van der Waals surface area contributed by atoms with Crippen LogP contribution >= 0.6 is 0 Å². The predicted octanol–water partition coefficient (Wildman–Crippen LogP) is 3.70. The highest BCUT2D eigenvalue weighted by molar-refractivity contribution is 5.58. The van der Waals surface area contributed by atoms with Gasteiger partial charge in [-0.05, 0) is 43.2 Å². The molecular weight excluding hydrogens is 248 g/mol. The number of hydrogen-bond acceptors (Lipinski definition) is 3. The Balaban J connectivity index is 1.90. The first-order valence-electron chi connectivity index (χ1n) is 7.46. The molecule has 1 unspecified atom stereocenters. The van der Waals surface area contributed by atoms with Crippen LogP contribution in [0.1, 0.15) is 55.2 Å². The van der Waals surface area contributed by atoms with E-state index in [2.05, 4.69) is 12.1 Å². The van der Waals surface area contributed by atoms with Gasteiger partial charge in [0, 0.05) is 0 Å². The van der Waals surface area contributed by atoms with Gasteiger partial charge in [-0.25, -0.2) is 0 Å². The van der Waals surface area contributed by atoms with Crippen LogP contribution in [0.3, 0.4) is 0 Å². The van der Waals surface area contributed by atoms with Gasteiger partial charge in [0.15, 0.2) is 0 Å². The van der Waals surface area contributed by atoms with Gasteiger partial charge >= 0.3 is 0 Å². The number of ether oxygens (including phenoxy) is 1. The van der Waals surface area contributed by atoms with E-state index in [0.29, 0.717) is 22.8 Å². The van der Waals surface area contributed by atoms with Crippen molar-refractivity contribution in [3.63, 3.8) is 0 Å². The lowest BCUT2D eigenvalue weighted by atomic mass is 9.82. The van der Waals surface area contributed by atoms with E-state index in [0.717, 1.165) is 18.4 Å². The van der Waals surface area contributed by atoms with Crippen molar-refractivity contribution < 1.29 is 4.74 Å². The predicted molar refractivity (Wildman–Crippen MR) is 75.2 cm³/mol. The average molecular weight is 266 g/mol. The highest BCUT2D eigenvalue weighted by Crippen LogP contribution is 2.38. The number of rotatable bonds is 1. The van der Waals surface area contributed by atoms with E-state index in [4.69, 9.17) is 10.00 Å². The molecule has 1 heterocycles. The molecule has 0 N–H and O–H groups in total. The lowest BCUT2D eigenvalue weighted by Gasteiger charge is -2.34. The Morgan fingerprint density at radius 3 is 2.50 bits per heavy atom. The molecule has 3 heteroatoms. The molecule has 1 atom stereocenters. The molecule has 1 aliphatic heterocycles. The SMILES string of the molecule is N#Cc1ccc2c(c1C#N)OC(C1CCCCC1)CC2. The van der Waals surface area contributed by atoms with Crippen LogP contribution in [0.4, 0.5) is 0 Å². The molecule has 1 aromatic rings. The molecule has 1 saturated carbocycles. The second kappa shape index (κ2) is 5.55. The fraction of sp³-hybridized carbons (Fsp3) is 0.529. The Hall–Kier alpha value is -2.00. The molecule has 0 spiro atoms. The molecular formula is C17H18N2O. The third-order valence-electron chi connectivity index (χ3n) is 4.61. The fourth-order valence-corrected chi connectivity index (χ4v) is 3.51. The number of aryl methyl sites for hydroxylation is 1. The summed E-state index contributed by atoms with van der Waals surface area (Å²) >= 11 is 0. The lowest BCUT2D eigenvalue weighted by Crippen LogP contribution is -2.32. The number of fused-ring (bicyclic) bond motifs is 1. The van der Waals surface area contributed by atoms with Gasteiger partial charge in [0.05, 0.1) is 5.56 Å². The van der Waals surface area contributed by atoms with Crippen molar-refractivity contribution in [2.24, 2.45) is 5.92 Å². The number of nitrogens with zero attached hydrogens (tertiary/aromatic N) is 2. The summed E-state index contributed by atoms with van der Waals surface area (Å²) in [6.45, 7) is 0. The third-order valence-corrected chi connectivity index (χ3v) is 4.61. The van der Waals surface area contributed by atoms with Crippen LogP contribution in [0.15, 0.2) is 12.1 Å². The van der Waals surface area contributed by atoms with Crippen LogP contribution in [-0.4, -0.2) is 6.10 Å². The van der Waals surface area contributed by atoms with Crippen LogP contribution < -0.4 is 4.74 Å². The summed E-state index contributed by atoms with van der Waals surface area (Å²) in [5.41, 5.74) is 1.92. The van der Waals surface area contributed by atoms with E-state index in [9.17, 15) is 5.26 Å². The average Bonchev–Trinajstić information content (AvgIpc) is 2.54. The molecule has 3 nitrogen and oxygen atoms in total. The van der Waals surface area contributed by atoms with Crippen molar-refractivity contribution in [2.75, 3.05) is 0 Å². The summed E-state index contributed by atoms with van der Waals surface area (Å²) in [4.78, 5) is 0. The summed E-state index contributed by atoms with van der Waals surface area (Å²) in [5, 5.41) is 18.4. The van der Waals surface area contributed by atoms with E-state index in [-0.39, 0.29) is 6.10 Å². The highest BCUT2D eigenvalue weighted by atomic mass is 16.5.